The first-order valence-electron chi connectivity index (χ1n) is 15.5. The van der Waals surface area contributed by atoms with Crippen LogP contribution in [0.3, 0.4) is 0 Å². The van der Waals surface area contributed by atoms with Crippen LogP contribution < -0.4 is 0 Å². The number of hydrogen-bond acceptors (Lipinski definition) is 0. The zero-order valence-corrected chi connectivity index (χ0v) is 30.0. The number of benzene rings is 2. The van der Waals surface area contributed by atoms with Crippen LogP contribution in [0.2, 0.25) is 0 Å². The van der Waals surface area contributed by atoms with Crippen LogP contribution in [0, 0.1) is 16.7 Å². The van der Waals surface area contributed by atoms with E-state index in [1.807, 2.05) is 96.3 Å². The Morgan fingerprint density at radius 1 is 0.525 bits per heavy atom. The fourth-order valence-corrected chi connectivity index (χ4v) is 1.77. The van der Waals surface area contributed by atoms with Gasteiger partial charge in [-0.3, -0.25) is 0 Å². The lowest BCUT2D eigenvalue weighted by atomic mass is 10.0. The quantitative estimate of drug-likeness (QED) is 0.285. The Kier molecular flexibility index (Phi) is 40.7. The van der Waals surface area contributed by atoms with Gasteiger partial charge < -0.3 is 4.98 Å². The molecular formula is C39H71N. The fraction of sp³-hybridized carbons (Fsp3) is 0.538. The van der Waals surface area contributed by atoms with Gasteiger partial charge in [0.1, 0.15) is 0 Å². The summed E-state index contributed by atoms with van der Waals surface area (Å²) >= 11 is 0. The lowest BCUT2D eigenvalue weighted by molar-refractivity contribution is 0.469. The second-order valence-electron chi connectivity index (χ2n) is 12.0. The van der Waals surface area contributed by atoms with Gasteiger partial charge in [-0.2, -0.15) is 0 Å². The van der Waals surface area contributed by atoms with Crippen LogP contribution in [0.25, 0.3) is 10.9 Å². The van der Waals surface area contributed by atoms with Gasteiger partial charge in [0.2, 0.25) is 0 Å². The number of nitrogens with one attached hydrogen (secondary N) is 1. The van der Waals surface area contributed by atoms with Crippen molar-refractivity contribution in [2.24, 2.45) is 16.7 Å². The van der Waals surface area contributed by atoms with Crippen molar-refractivity contribution in [3.8, 4) is 0 Å². The van der Waals surface area contributed by atoms with Crippen molar-refractivity contribution >= 4 is 10.9 Å². The lowest BCUT2D eigenvalue weighted by Crippen LogP contribution is -1.93. The maximum atomic E-state index is 3.12. The molecule has 1 N–H and O–H groups in total. The van der Waals surface area contributed by atoms with Gasteiger partial charge >= 0.3 is 0 Å². The van der Waals surface area contributed by atoms with Crippen LogP contribution in [0.5, 0.6) is 0 Å². The summed E-state index contributed by atoms with van der Waals surface area (Å²) < 4.78 is 0. The third-order valence-corrected chi connectivity index (χ3v) is 2.78. The molecule has 232 valence electrons. The highest BCUT2D eigenvalue weighted by Crippen LogP contribution is 2.09. The highest BCUT2D eigenvalue weighted by molar-refractivity contribution is 5.78. The van der Waals surface area contributed by atoms with Gasteiger partial charge in [0.25, 0.3) is 0 Å². The van der Waals surface area contributed by atoms with Crippen molar-refractivity contribution in [1.82, 2.24) is 4.98 Å². The molecule has 4 rings (SSSR count). The van der Waals surface area contributed by atoms with Crippen molar-refractivity contribution in [3.05, 3.63) is 97.2 Å². The molecule has 1 nitrogen and oxygen atoms in total. The van der Waals surface area contributed by atoms with Crippen LogP contribution in [0.15, 0.2) is 97.2 Å². The molecule has 0 radical (unpaired) electrons. The third kappa shape index (κ3) is 65.0. The van der Waals surface area contributed by atoms with E-state index in [9.17, 15) is 0 Å². The van der Waals surface area contributed by atoms with Crippen LogP contribution in [0.4, 0.5) is 0 Å². The van der Waals surface area contributed by atoms with E-state index < -0.39 is 0 Å². The summed E-state index contributed by atoms with van der Waals surface area (Å²) in [5.74, 6) is 0.833. The van der Waals surface area contributed by atoms with E-state index in [1.165, 1.54) is 10.9 Å². The molecule has 2 aromatic carbocycles. The molecule has 0 amide bonds. The summed E-state index contributed by atoms with van der Waals surface area (Å²) in [6, 6.07) is 22.3. The molecule has 1 heterocycles. The Balaban J connectivity index is -0.000000120. The summed E-state index contributed by atoms with van der Waals surface area (Å²) in [5, 5.41) is 1.28. The molecule has 0 atom stereocenters. The van der Waals surface area contributed by atoms with E-state index in [0.717, 1.165) is 12.3 Å². The molecule has 40 heavy (non-hydrogen) atoms. The van der Waals surface area contributed by atoms with Crippen LogP contribution in [-0.4, -0.2) is 4.98 Å². The zero-order valence-electron chi connectivity index (χ0n) is 30.0. The number of para-hydroxylation sites is 1. The normalized spacial score (nSPS) is 10.1. The molecular weight excluding hydrogens is 482 g/mol. The molecule has 0 bridgehead atoms. The molecule has 0 fully saturated rings. The number of aromatic amines is 1. The number of fused-ring (bicyclic) bond motifs is 1. The van der Waals surface area contributed by atoms with Crippen LogP contribution in [0.1, 0.15) is 124 Å². The third-order valence-electron chi connectivity index (χ3n) is 2.78. The predicted molar refractivity (Wildman–Crippen MR) is 192 cm³/mol. The minimum Gasteiger partial charge on any atom is -0.361 e. The maximum Gasteiger partial charge on any atom is 0.0453 e. The lowest BCUT2D eigenvalue weighted by Gasteiger charge is -2.05. The van der Waals surface area contributed by atoms with Crippen LogP contribution >= 0.6 is 0 Å². The molecule has 1 aliphatic carbocycles. The highest BCUT2D eigenvalue weighted by atomic mass is 14.7. The Morgan fingerprint density at radius 3 is 1.07 bits per heavy atom. The molecule has 0 saturated heterocycles. The second-order valence-corrected chi connectivity index (χ2v) is 12.0. The highest BCUT2D eigenvalue weighted by Gasteiger charge is 1.96. The summed E-state index contributed by atoms with van der Waals surface area (Å²) in [6.45, 7) is 36.0. The first-order chi connectivity index (χ1) is 18.7. The van der Waals surface area contributed by atoms with Gasteiger partial charge in [-0.1, -0.05) is 197 Å². The average Bonchev–Trinajstić information content (AvgIpc) is 3.62. The van der Waals surface area contributed by atoms with E-state index in [2.05, 4.69) is 124 Å². The SMILES string of the molecule is C1=CCC=C1.CC.CC.CC.CC(C)(C)C.CC(C)(C)C.CC(C)C.c1ccc2[nH]ccc2c1.c1ccccc1. The Hall–Kier alpha value is -2.54. The van der Waals surface area contributed by atoms with Gasteiger partial charge in [-0.15, -0.1) is 0 Å². The van der Waals surface area contributed by atoms with Crippen molar-refractivity contribution < 1.29 is 0 Å². The van der Waals surface area contributed by atoms with E-state index >= 15 is 0 Å². The minimum atomic E-state index is 0.500. The summed E-state index contributed by atoms with van der Waals surface area (Å²) in [4.78, 5) is 3.12. The summed E-state index contributed by atoms with van der Waals surface area (Å²) in [7, 11) is 0. The number of aromatic nitrogens is 1. The van der Waals surface area contributed by atoms with Gasteiger partial charge in [-0.05, 0) is 40.7 Å². The summed E-state index contributed by atoms with van der Waals surface area (Å²) in [5.41, 5.74) is 2.21. The first-order valence-corrected chi connectivity index (χ1v) is 15.5. The molecule has 0 saturated carbocycles. The van der Waals surface area contributed by atoms with Crippen molar-refractivity contribution in [2.75, 3.05) is 0 Å². The molecule has 3 aromatic rings. The first kappa shape index (κ1) is 47.3. The molecule has 0 unspecified atom stereocenters. The topological polar surface area (TPSA) is 15.8 Å². The Bertz CT molecular complexity index is 759. The molecule has 1 aromatic heterocycles. The predicted octanol–water partition coefficient (Wildman–Crippen LogP) is 14.2. The van der Waals surface area contributed by atoms with Gasteiger partial charge in [0.05, 0.1) is 0 Å². The van der Waals surface area contributed by atoms with Crippen LogP contribution in [-0.2, 0) is 0 Å². The second kappa shape index (κ2) is 34.5. The van der Waals surface area contributed by atoms with Crippen molar-refractivity contribution in [3.63, 3.8) is 0 Å². The molecule has 1 heteroatoms. The number of H-pyrrole nitrogens is 1. The number of rotatable bonds is 0. The standard InChI is InChI=1S/C8H7N.C6H6.C5H6.2C5H12.C4H10.3C2H6/c1-2-4-8-7(3-1)5-6-9-8;1-2-4-6-5-3-1;1-2-4-5-3-1;2*1-5(2,3)4;1-4(2)3;3*1-2/h1-6,9H;1-6H;1-4H,5H2;2*1-4H3;4H,1-3H3;3*1-2H3. The van der Waals surface area contributed by atoms with Gasteiger partial charge in [0, 0.05) is 11.7 Å². The van der Waals surface area contributed by atoms with Gasteiger partial charge in [0.15, 0.2) is 0 Å². The number of allylic oxidation sites excluding steroid dienone is 4. The van der Waals surface area contributed by atoms with Crippen molar-refractivity contribution in [2.45, 2.75) is 124 Å². The number of hydrogen-bond donors (Lipinski definition) is 1. The maximum absolute atomic E-state index is 3.12. The monoisotopic (exact) mass is 554 g/mol. The largest absolute Gasteiger partial charge is 0.361 e. The van der Waals surface area contributed by atoms with E-state index in [4.69, 9.17) is 0 Å². The molecule has 1 aliphatic rings. The van der Waals surface area contributed by atoms with E-state index in [1.54, 1.807) is 0 Å². The van der Waals surface area contributed by atoms with Crippen molar-refractivity contribution in [1.29, 1.82) is 0 Å². The Labute approximate surface area is 253 Å². The minimum absolute atomic E-state index is 0.500. The average molecular weight is 554 g/mol. The van der Waals surface area contributed by atoms with E-state index in [0.29, 0.717) is 10.8 Å². The summed E-state index contributed by atoms with van der Waals surface area (Å²) in [6.07, 6.45) is 11.4. The van der Waals surface area contributed by atoms with E-state index in [-0.39, 0.29) is 0 Å². The smallest absolute Gasteiger partial charge is 0.0453 e. The Morgan fingerprint density at radius 2 is 0.825 bits per heavy atom. The fourth-order valence-electron chi connectivity index (χ4n) is 1.77. The molecule has 0 spiro atoms. The zero-order chi connectivity index (χ0) is 32.5. The molecule has 0 aliphatic heterocycles. The van der Waals surface area contributed by atoms with Gasteiger partial charge in [-0.25, -0.2) is 0 Å².